The van der Waals surface area contributed by atoms with Crippen molar-refractivity contribution in [3.63, 3.8) is 0 Å². The number of amides is 2. The van der Waals surface area contributed by atoms with Gasteiger partial charge in [0.2, 0.25) is 0 Å². The molecule has 0 saturated heterocycles. The number of carbonyl (C=O) groups excluding carboxylic acids is 2. The quantitative estimate of drug-likeness (QED) is 0.671. The lowest BCUT2D eigenvalue weighted by Gasteiger charge is -2.08. The molecule has 0 spiro atoms. The van der Waals surface area contributed by atoms with E-state index in [9.17, 15) is 9.59 Å². The molecule has 1 aromatic heterocycles. The normalized spacial score (nSPS) is 10.2. The summed E-state index contributed by atoms with van der Waals surface area (Å²) in [4.78, 5) is 28.5. The van der Waals surface area contributed by atoms with Gasteiger partial charge < -0.3 is 10.6 Å². The summed E-state index contributed by atoms with van der Waals surface area (Å²) >= 11 is 11.8. The van der Waals surface area contributed by atoms with Crippen molar-refractivity contribution in [2.75, 3.05) is 10.6 Å². The van der Waals surface area contributed by atoms with Gasteiger partial charge >= 0.3 is 0 Å². The Morgan fingerprint density at radius 2 is 1.42 bits per heavy atom. The van der Waals surface area contributed by atoms with Gasteiger partial charge in [-0.2, -0.15) is 0 Å². The Bertz CT molecular complexity index is 925. The Balaban J connectivity index is 1.67. The van der Waals surface area contributed by atoms with Gasteiger partial charge in [0.05, 0.1) is 0 Å². The predicted octanol–water partition coefficient (Wildman–Crippen LogP) is 4.89. The van der Waals surface area contributed by atoms with Gasteiger partial charge in [-0.25, -0.2) is 4.98 Å². The lowest BCUT2D eigenvalue weighted by Crippen LogP contribution is -2.14. The highest BCUT2D eigenvalue weighted by Crippen LogP contribution is 2.20. The van der Waals surface area contributed by atoms with E-state index >= 15 is 0 Å². The molecule has 3 rings (SSSR count). The molecule has 2 amide bonds. The number of nitrogens with one attached hydrogen (secondary N) is 2. The molecule has 2 aromatic carbocycles. The third-order valence-corrected chi connectivity index (χ3v) is 3.87. The number of hydrogen-bond acceptors (Lipinski definition) is 3. The maximum absolute atomic E-state index is 12.3. The van der Waals surface area contributed by atoms with Crippen LogP contribution in [0.1, 0.15) is 20.7 Å². The molecule has 0 radical (unpaired) electrons. The van der Waals surface area contributed by atoms with Gasteiger partial charge in [-0.15, -0.1) is 0 Å². The summed E-state index contributed by atoms with van der Waals surface area (Å²) in [7, 11) is 0. The first-order valence-electron chi connectivity index (χ1n) is 7.61. The monoisotopic (exact) mass is 385 g/mol. The summed E-state index contributed by atoms with van der Waals surface area (Å²) in [6.07, 6.45) is 1.59. The lowest BCUT2D eigenvalue weighted by atomic mass is 10.1. The van der Waals surface area contributed by atoms with E-state index in [1.165, 1.54) is 12.1 Å². The predicted molar refractivity (Wildman–Crippen MR) is 103 cm³/mol. The molecule has 0 atom stereocenters. The highest BCUT2D eigenvalue weighted by atomic mass is 35.5. The molecule has 0 fully saturated rings. The number of nitrogens with zero attached hydrogens (tertiary/aromatic N) is 1. The standard InChI is InChI=1S/C19H13Cl2N3O2/c20-14-9-13(10-15(21)11-14)19(26)23-16-6-4-12(5-7-16)18(25)24-17-3-1-2-8-22-17/h1-11H,(H,23,26)(H,22,24,25). The van der Waals surface area contributed by atoms with Crippen LogP contribution in [0.2, 0.25) is 10.0 Å². The van der Waals surface area contributed by atoms with Crippen molar-refractivity contribution < 1.29 is 9.59 Å². The average molecular weight is 386 g/mol. The number of carbonyl (C=O) groups is 2. The molecule has 130 valence electrons. The molecule has 0 aliphatic carbocycles. The van der Waals surface area contributed by atoms with Crippen molar-refractivity contribution in [1.29, 1.82) is 0 Å². The fraction of sp³-hybridized carbons (Fsp3) is 0. The maximum atomic E-state index is 12.3. The van der Waals surface area contributed by atoms with Crippen LogP contribution in [0, 0.1) is 0 Å². The van der Waals surface area contributed by atoms with Crippen molar-refractivity contribution >= 4 is 46.5 Å². The Morgan fingerprint density at radius 3 is 2.04 bits per heavy atom. The molecule has 26 heavy (non-hydrogen) atoms. The van der Waals surface area contributed by atoms with Crippen LogP contribution in [0.5, 0.6) is 0 Å². The summed E-state index contributed by atoms with van der Waals surface area (Å²) in [5, 5.41) is 6.18. The van der Waals surface area contributed by atoms with E-state index in [1.54, 1.807) is 54.7 Å². The molecule has 2 N–H and O–H groups in total. The molecule has 0 saturated carbocycles. The van der Waals surface area contributed by atoms with Crippen LogP contribution in [0.3, 0.4) is 0 Å². The highest BCUT2D eigenvalue weighted by Gasteiger charge is 2.10. The summed E-state index contributed by atoms with van der Waals surface area (Å²) in [6, 6.07) is 16.3. The van der Waals surface area contributed by atoms with Crippen LogP contribution < -0.4 is 10.6 Å². The molecular weight excluding hydrogens is 373 g/mol. The van der Waals surface area contributed by atoms with Crippen molar-refractivity contribution in [3.05, 3.63) is 88.0 Å². The Hall–Kier alpha value is -2.89. The summed E-state index contributed by atoms with van der Waals surface area (Å²) in [6.45, 7) is 0. The van der Waals surface area contributed by atoms with Crippen LogP contribution >= 0.6 is 23.2 Å². The van der Waals surface area contributed by atoms with Crippen LogP contribution in [0.4, 0.5) is 11.5 Å². The fourth-order valence-electron chi connectivity index (χ4n) is 2.22. The van der Waals surface area contributed by atoms with Gasteiger partial charge in [0.1, 0.15) is 5.82 Å². The second-order valence-electron chi connectivity index (χ2n) is 5.36. The topological polar surface area (TPSA) is 71.1 Å². The number of anilines is 2. The lowest BCUT2D eigenvalue weighted by molar-refractivity contribution is 0.101. The van der Waals surface area contributed by atoms with Crippen molar-refractivity contribution in [2.45, 2.75) is 0 Å². The zero-order valence-electron chi connectivity index (χ0n) is 13.4. The fourth-order valence-corrected chi connectivity index (χ4v) is 2.74. The van der Waals surface area contributed by atoms with Gasteiger partial charge in [-0.05, 0) is 54.6 Å². The van der Waals surface area contributed by atoms with E-state index in [2.05, 4.69) is 15.6 Å². The summed E-state index contributed by atoms with van der Waals surface area (Å²) in [5.74, 6) is -0.170. The molecular formula is C19H13Cl2N3O2. The molecule has 0 aliphatic rings. The third kappa shape index (κ3) is 4.59. The number of hydrogen-bond donors (Lipinski definition) is 2. The van der Waals surface area contributed by atoms with Crippen molar-refractivity contribution in [3.8, 4) is 0 Å². The molecule has 3 aromatic rings. The maximum Gasteiger partial charge on any atom is 0.256 e. The van der Waals surface area contributed by atoms with E-state index < -0.39 is 0 Å². The van der Waals surface area contributed by atoms with Crippen LogP contribution in [0.25, 0.3) is 0 Å². The summed E-state index contributed by atoms with van der Waals surface area (Å²) in [5.41, 5.74) is 1.33. The van der Waals surface area contributed by atoms with Gasteiger partial charge in [0, 0.05) is 33.1 Å². The SMILES string of the molecule is O=C(Nc1ccc(C(=O)Nc2ccccn2)cc1)c1cc(Cl)cc(Cl)c1. The van der Waals surface area contributed by atoms with Crippen molar-refractivity contribution in [2.24, 2.45) is 0 Å². The minimum Gasteiger partial charge on any atom is -0.322 e. The summed E-state index contributed by atoms with van der Waals surface area (Å²) < 4.78 is 0. The molecule has 0 aliphatic heterocycles. The van der Waals surface area contributed by atoms with E-state index in [4.69, 9.17) is 23.2 Å². The first kappa shape index (κ1) is 17.9. The molecule has 1 heterocycles. The minimum atomic E-state index is -0.347. The van der Waals surface area contributed by atoms with Gasteiger partial charge in [0.15, 0.2) is 0 Å². The van der Waals surface area contributed by atoms with E-state index in [0.29, 0.717) is 32.7 Å². The van der Waals surface area contributed by atoms with Gasteiger partial charge in [0.25, 0.3) is 11.8 Å². The van der Waals surface area contributed by atoms with Crippen LogP contribution in [-0.4, -0.2) is 16.8 Å². The number of benzene rings is 2. The molecule has 5 nitrogen and oxygen atoms in total. The van der Waals surface area contributed by atoms with Crippen LogP contribution in [0.15, 0.2) is 66.9 Å². The Labute approximate surface area is 160 Å². The zero-order chi connectivity index (χ0) is 18.5. The zero-order valence-corrected chi connectivity index (χ0v) is 14.9. The molecule has 0 unspecified atom stereocenters. The highest BCUT2D eigenvalue weighted by molar-refractivity contribution is 6.35. The largest absolute Gasteiger partial charge is 0.322 e. The first-order valence-corrected chi connectivity index (χ1v) is 8.37. The number of halogens is 2. The third-order valence-electron chi connectivity index (χ3n) is 3.44. The van der Waals surface area contributed by atoms with E-state index in [-0.39, 0.29) is 11.8 Å². The smallest absolute Gasteiger partial charge is 0.256 e. The van der Waals surface area contributed by atoms with E-state index in [1.807, 2.05) is 0 Å². The Kier molecular flexibility index (Phi) is 5.51. The minimum absolute atomic E-state index is 0.289. The second kappa shape index (κ2) is 7.99. The van der Waals surface area contributed by atoms with Crippen molar-refractivity contribution in [1.82, 2.24) is 4.98 Å². The van der Waals surface area contributed by atoms with Crippen LogP contribution in [-0.2, 0) is 0 Å². The first-order chi connectivity index (χ1) is 12.5. The Morgan fingerprint density at radius 1 is 0.769 bits per heavy atom. The average Bonchev–Trinajstić information content (AvgIpc) is 2.62. The van der Waals surface area contributed by atoms with Gasteiger partial charge in [-0.3, -0.25) is 9.59 Å². The number of pyridine rings is 1. The molecule has 0 bridgehead atoms. The number of aromatic nitrogens is 1. The number of rotatable bonds is 4. The van der Waals surface area contributed by atoms with E-state index in [0.717, 1.165) is 0 Å². The second-order valence-corrected chi connectivity index (χ2v) is 6.23. The molecule has 7 heteroatoms. The van der Waals surface area contributed by atoms with Gasteiger partial charge in [-0.1, -0.05) is 29.3 Å².